The first-order valence-corrected chi connectivity index (χ1v) is 7.97. The number of aromatic nitrogens is 1. The van der Waals surface area contributed by atoms with E-state index in [1.54, 1.807) is 0 Å². The average Bonchev–Trinajstić information content (AvgIpc) is 2.87. The number of aromatic amines is 1. The maximum atomic E-state index is 10.1. The highest BCUT2D eigenvalue weighted by Gasteiger charge is 2.11. The van der Waals surface area contributed by atoms with Crippen molar-refractivity contribution < 1.29 is 5.11 Å². The van der Waals surface area contributed by atoms with Crippen molar-refractivity contribution in [1.82, 2.24) is 4.98 Å². The van der Waals surface area contributed by atoms with Crippen molar-refractivity contribution in [1.29, 1.82) is 0 Å². The predicted octanol–water partition coefficient (Wildman–Crippen LogP) is 5.28. The van der Waals surface area contributed by atoms with Gasteiger partial charge in [-0.2, -0.15) is 0 Å². The molecule has 2 aromatic carbocycles. The summed E-state index contributed by atoms with van der Waals surface area (Å²) in [6, 6.07) is 11.7. The zero-order valence-corrected chi connectivity index (χ0v) is 14.5. The number of benzene rings is 2. The van der Waals surface area contributed by atoms with Crippen LogP contribution in [0.5, 0.6) is 5.88 Å². The summed E-state index contributed by atoms with van der Waals surface area (Å²) in [4.78, 5) is 2.92. The molecule has 0 unspecified atom stereocenters. The van der Waals surface area contributed by atoms with Gasteiger partial charge >= 0.3 is 0 Å². The quantitative estimate of drug-likeness (QED) is 0.440. The van der Waals surface area contributed by atoms with Crippen molar-refractivity contribution in [3.63, 3.8) is 0 Å². The van der Waals surface area contributed by atoms with Crippen molar-refractivity contribution in [3.8, 4) is 5.88 Å². The number of azo groups is 1. The van der Waals surface area contributed by atoms with Crippen molar-refractivity contribution in [2.75, 3.05) is 5.32 Å². The van der Waals surface area contributed by atoms with E-state index in [0.29, 0.717) is 5.69 Å². The van der Waals surface area contributed by atoms with Crippen molar-refractivity contribution in [3.05, 3.63) is 53.1 Å². The fraction of sp³-hybridized carbons (Fsp3) is 0.167. The molecule has 3 N–H and O–H groups in total. The lowest BCUT2D eigenvalue weighted by molar-refractivity contribution is 0.459. The van der Waals surface area contributed by atoms with E-state index in [4.69, 9.17) is 12.2 Å². The van der Waals surface area contributed by atoms with E-state index in [1.165, 1.54) is 5.56 Å². The molecule has 0 aliphatic rings. The Bertz CT molecular complexity index is 959. The lowest BCUT2D eigenvalue weighted by atomic mass is 10.1. The molecule has 0 radical (unpaired) electrons. The Balaban J connectivity index is 1.86. The first-order chi connectivity index (χ1) is 11.5. The Labute approximate surface area is 145 Å². The van der Waals surface area contributed by atoms with Gasteiger partial charge in [0.2, 0.25) is 11.0 Å². The number of rotatable bonds is 2. The SMILES string of the molecule is Cc1cccc(NC(=S)N=Nc2c(O)[nH]c3c(C)cccc23)c1C. The van der Waals surface area contributed by atoms with Crippen molar-refractivity contribution in [2.24, 2.45) is 10.2 Å². The largest absolute Gasteiger partial charge is 0.493 e. The third-order valence-corrected chi connectivity index (χ3v) is 4.27. The first kappa shape index (κ1) is 16.1. The summed E-state index contributed by atoms with van der Waals surface area (Å²) in [7, 11) is 0. The molecule has 0 amide bonds. The van der Waals surface area contributed by atoms with Crippen LogP contribution < -0.4 is 5.32 Å². The topological polar surface area (TPSA) is 72.8 Å². The third kappa shape index (κ3) is 3.00. The summed E-state index contributed by atoms with van der Waals surface area (Å²) in [5.41, 5.74) is 5.44. The van der Waals surface area contributed by atoms with E-state index in [1.807, 2.05) is 57.2 Å². The molecule has 0 saturated heterocycles. The van der Waals surface area contributed by atoms with Gasteiger partial charge in [-0.15, -0.1) is 10.2 Å². The Morgan fingerprint density at radius 3 is 2.58 bits per heavy atom. The molecule has 0 spiro atoms. The second-order valence-electron chi connectivity index (χ2n) is 5.70. The number of thiocarbonyl (C=S) groups is 1. The fourth-order valence-electron chi connectivity index (χ4n) is 2.56. The van der Waals surface area contributed by atoms with Gasteiger partial charge in [0.1, 0.15) is 0 Å². The van der Waals surface area contributed by atoms with Gasteiger partial charge in [-0.05, 0) is 55.7 Å². The van der Waals surface area contributed by atoms with E-state index in [2.05, 4.69) is 20.5 Å². The molecule has 5 nitrogen and oxygen atoms in total. The van der Waals surface area contributed by atoms with Crippen LogP contribution in [-0.2, 0) is 0 Å². The highest BCUT2D eigenvalue weighted by Crippen LogP contribution is 2.36. The lowest BCUT2D eigenvalue weighted by Crippen LogP contribution is -2.06. The maximum Gasteiger partial charge on any atom is 0.218 e. The third-order valence-electron chi connectivity index (χ3n) is 4.08. The Hall–Kier alpha value is -2.73. The van der Waals surface area contributed by atoms with E-state index < -0.39 is 0 Å². The zero-order valence-electron chi connectivity index (χ0n) is 13.7. The van der Waals surface area contributed by atoms with Gasteiger partial charge in [-0.1, -0.05) is 30.3 Å². The van der Waals surface area contributed by atoms with Crippen LogP contribution in [0.2, 0.25) is 0 Å². The number of anilines is 1. The number of hydrogen-bond donors (Lipinski definition) is 3. The summed E-state index contributed by atoms with van der Waals surface area (Å²) in [6.45, 7) is 6.02. The molecule has 122 valence electrons. The second kappa shape index (κ2) is 6.41. The van der Waals surface area contributed by atoms with Crippen molar-refractivity contribution >= 4 is 39.6 Å². The molecule has 0 aliphatic heterocycles. The van der Waals surface area contributed by atoms with E-state index in [9.17, 15) is 5.11 Å². The molecule has 0 aliphatic carbocycles. The average molecular weight is 338 g/mol. The summed E-state index contributed by atoms with van der Waals surface area (Å²) < 4.78 is 0. The van der Waals surface area contributed by atoms with Gasteiger partial charge in [0.05, 0.1) is 5.52 Å². The molecular weight excluding hydrogens is 320 g/mol. The van der Waals surface area contributed by atoms with Crippen LogP contribution in [-0.4, -0.2) is 15.2 Å². The summed E-state index contributed by atoms with van der Waals surface area (Å²) >= 11 is 5.24. The van der Waals surface area contributed by atoms with Crippen molar-refractivity contribution in [2.45, 2.75) is 20.8 Å². The molecule has 1 aromatic heterocycles. The first-order valence-electron chi connectivity index (χ1n) is 7.56. The zero-order chi connectivity index (χ0) is 17.3. The summed E-state index contributed by atoms with van der Waals surface area (Å²) in [5, 5.41) is 22.4. The Kier molecular flexibility index (Phi) is 4.31. The maximum absolute atomic E-state index is 10.1. The number of hydrogen-bond acceptors (Lipinski definition) is 3. The minimum Gasteiger partial charge on any atom is -0.493 e. The Morgan fingerprint density at radius 2 is 1.79 bits per heavy atom. The summed E-state index contributed by atoms with van der Waals surface area (Å²) in [6.07, 6.45) is 0. The number of aryl methyl sites for hydroxylation is 2. The van der Waals surface area contributed by atoms with Crippen LogP contribution in [0.3, 0.4) is 0 Å². The van der Waals surface area contributed by atoms with E-state index in [-0.39, 0.29) is 11.0 Å². The standard InChI is InChI=1S/C18H18N4OS/c1-10-6-5-9-14(12(10)3)19-18(24)22-21-16-13-8-4-7-11(2)15(13)20-17(16)23/h4-9,20,23H,1-3H3,(H,19,24). The second-order valence-corrected chi connectivity index (χ2v) is 6.08. The highest BCUT2D eigenvalue weighted by molar-refractivity contribution is 7.80. The van der Waals surface area contributed by atoms with Gasteiger partial charge in [0.25, 0.3) is 0 Å². The molecule has 0 atom stereocenters. The van der Waals surface area contributed by atoms with Gasteiger partial charge < -0.3 is 15.4 Å². The summed E-state index contributed by atoms with van der Waals surface area (Å²) in [5.74, 6) is -0.0161. The van der Waals surface area contributed by atoms with Crippen LogP contribution in [0.25, 0.3) is 10.9 Å². The molecule has 0 bridgehead atoms. The minimum atomic E-state index is -0.0161. The smallest absolute Gasteiger partial charge is 0.218 e. The number of aromatic hydroxyl groups is 1. The van der Waals surface area contributed by atoms with Crippen LogP contribution in [0.15, 0.2) is 46.6 Å². The highest BCUT2D eigenvalue weighted by atomic mass is 32.1. The predicted molar refractivity (Wildman–Crippen MR) is 101 cm³/mol. The molecule has 24 heavy (non-hydrogen) atoms. The normalized spacial score (nSPS) is 11.3. The minimum absolute atomic E-state index is 0.0161. The van der Waals surface area contributed by atoms with Crippen LogP contribution in [0.4, 0.5) is 11.4 Å². The lowest BCUT2D eigenvalue weighted by Gasteiger charge is -2.09. The molecule has 3 rings (SSSR count). The number of H-pyrrole nitrogens is 1. The van der Waals surface area contributed by atoms with Crippen LogP contribution >= 0.6 is 12.2 Å². The van der Waals surface area contributed by atoms with E-state index >= 15 is 0 Å². The molecule has 1 heterocycles. The molecule has 6 heteroatoms. The number of fused-ring (bicyclic) bond motifs is 1. The molecule has 3 aromatic rings. The number of para-hydroxylation sites is 1. The molecular formula is C18H18N4OS. The van der Waals surface area contributed by atoms with E-state index in [0.717, 1.165) is 27.7 Å². The number of nitrogens with zero attached hydrogens (tertiary/aromatic N) is 2. The number of nitrogens with one attached hydrogen (secondary N) is 2. The molecule has 0 saturated carbocycles. The van der Waals surface area contributed by atoms with Gasteiger partial charge in [0.15, 0.2) is 5.69 Å². The molecule has 0 fully saturated rings. The fourth-order valence-corrected chi connectivity index (χ4v) is 2.71. The van der Waals surface area contributed by atoms with Gasteiger partial charge in [-0.3, -0.25) is 0 Å². The van der Waals surface area contributed by atoms with Gasteiger partial charge in [0, 0.05) is 11.1 Å². The monoisotopic (exact) mass is 338 g/mol. The van der Waals surface area contributed by atoms with Gasteiger partial charge in [-0.25, -0.2) is 0 Å². The Morgan fingerprint density at radius 1 is 1.08 bits per heavy atom. The van der Waals surface area contributed by atoms with Crippen LogP contribution in [0, 0.1) is 20.8 Å². The van der Waals surface area contributed by atoms with Crippen LogP contribution in [0.1, 0.15) is 16.7 Å².